The van der Waals surface area contributed by atoms with Crippen LogP contribution in [0.15, 0.2) is 66.2 Å². The van der Waals surface area contributed by atoms with Crippen LogP contribution in [-0.2, 0) is 16.0 Å². The van der Waals surface area contributed by atoms with Gasteiger partial charge >= 0.3 is 0 Å². The van der Waals surface area contributed by atoms with E-state index in [1.54, 1.807) is 68.8 Å². The highest BCUT2D eigenvalue weighted by atomic mass is 16.5. The molecule has 1 atom stereocenters. The average Bonchev–Trinajstić information content (AvgIpc) is 3.22. The fraction of sp³-hybridized carbons (Fsp3) is 0.267. The average molecular weight is 516 g/mol. The second-order valence-corrected chi connectivity index (χ2v) is 8.98. The zero-order chi connectivity index (χ0) is 26.8. The summed E-state index contributed by atoms with van der Waals surface area (Å²) >= 11 is 0. The van der Waals surface area contributed by atoms with E-state index in [1.165, 1.54) is 4.90 Å². The molecule has 0 bridgehead atoms. The zero-order valence-corrected chi connectivity index (χ0v) is 21.5. The summed E-state index contributed by atoms with van der Waals surface area (Å²) in [6, 6.07) is 16.5. The van der Waals surface area contributed by atoms with Gasteiger partial charge in [0, 0.05) is 11.3 Å². The summed E-state index contributed by atoms with van der Waals surface area (Å²) < 4.78 is 22.2. The molecule has 8 nitrogen and oxygen atoms in total. The van der Waals surface area contributed by atoms with Crippen molar-refractivity contribution in [3.8, 4) is 23.0 Å². The summed E-state index contributed by atoms with van der Waals surface area (Å²) in [5, 5.41) is 11.5. The van der Waals surface area contributed by atoms with Gasteiger partial charge in [-0.3, -0.25) is 14.5 Å². The number of hydrogen-bond acceptors (Lipinski definition) is 7. The van der Waals surface area contributed by atoms with E-state index in [2.05, 4.69) is 0 Å². The Morgan fingerprint density at radius 2 is 1.79 bits per heavy atom. The second kappa shape index (κ2) is 10.5. The maximum Gasteiger partial charge on any atom is 0.300 e. The largest absolute Gasteiger partial charge is 0.507 e. The first-order valence-electron chi connectivity index (χ1n) is 12.5. The van der Waals surface area contributed by atoms with Crippen LogP contribution >= 0.6 is 0 Å². The molecular weight excluding hydrogens is 486 g/mol. The van der Waals surface area contributed by atoms with E-state index >= 15 is 0 Å². The van der Waals surface area contributed by atoms with E-state index in [0.29, 0.717) is 47.3 Å². The molecule has 2 aliphatic heterocycles. The lowest BCUT2D eigenvalue weighted by molar-refractivity contribution is -0.132. The Kier molecular flexibility index (Phi) is 6.96. The monoisotopic (exact) mass is 515 g/mol. The molecule has 0 saturated carbocycles. The number of aryl methyl sites for hydroxylation is 1. The molecule has 3 aromatic rings. The van der Waals surface area contributed by atoms with Gasteiger partial charge < -0.3 is 24.1 Å². The third kappa shape index (κ3) is 4.42. The van der Waals surface area contributed by atoms with Gasteiger partial charge in [-0.15, -0.1) is 0 Å². The number of aliphatic hydroxyl groups excluding tert-OH is 1. The highest BCUT2D eigenvalue weighted by Crippen LogP contribution is 2.44. The molecular formula is C30H29NO7. The fourth-order valence-corrected chi connectivity index (χ4v) is 4.95. The van der Waals surface area contributed by atoms with Crippen LogP contribution in [0.2, 0.25) is 0 Å². The minimum Gasteiger partial charge on any atom is -0.507 e. The van der Waals surface area contributed by atoms with Gasteiger partial charge in [-0.1, -0.05) is 6.07 Å². The summed E-state index contributed by atoms with van der Waals surface area (Å²) in [5.41, 5.74) is 2.47. The van der Waals surface area contributed by atoms with Crippen LogP contribution in [-0.4, -0.2) is 44.2 Å². The zero-order valence-electron chi connectivity index (χ0n) is 21.5. The van der Waals surface area contributed by atoms with Gasteiger partial charge in [0.05, 0.1) is 39.0 Å². The van der Waals surface area contributed by atoms with Crippen molar-refractivity contribution in [3.63, 3.8) is 0 Å². The quantitative estimate of drug-likeness (QED) is 0.267. The van der Waals surface area contributed by atoms with E-state index in [9.17, 15) is 14.7 Å². The minimum atomic E-state index is -0.902. The standard InChI is InChI=1S/C30H29NO7/c1-4-37-25-17-19(7-14-24(25)36-3)27-26(28(32)20-8-13-23-18(16-20)6-5-15-38-23)29(33)30(34)31(27)21-9-11-22(35-2)12-10-21/h7-14,16-17,27,32H,4-6,15H2,1-3H3/b28-26+. The summed E-state index contributed by atoms with van der Waals surface area (Å²) in [6.45, 7) is 2.90. The van der Waals surface area contributed by atoms with E-state index in [1.807, 2.05) is 13.0 Å². The predicted octanol–water partition coefficient (Wildman–Crippen LogP) is 5.05. The Morgan fingerprint density at radius 1 is 1.00 bits per heavy atom. The first-order valence-corrected chi connectivity index (χ1v) is 12.5. The van der Waals surface area contributed by atoms with E-state index in [-0.39, 0.29) is 11.3 Å². The number of amides is 1. The molecule has 1 saturated heterocycles. The van der Waals surface area contributed by atoms with Crippen LogP contribution in [0.4, 0.5) is 5.69 Å². The number of ketones is 1. The molecule has 1 fully saturated rings. The highest BCUT2D eigenvalue weighted by molar-refractivity contribution is 6.51. The van der Waals surface area contributed by atoms with Crippen molar-refractivity contribution in [2.75, 3.05) is 32.3 Å². The number of Topliss-reactive ketones (excluding diaryl/α,β-unsaturated/α-hetero) is 1. The number of carbonyl (C=O) groups excluding carboxylic acids is 2. The van der Waals surface area contributed by atoms with Gasteiger partial charge in [-0.25, -0.2) is 0 Å². The fourth-order valence-electron chi connectivity index (χ4n) is 4.95. The maximum atomic E-state index is 13.5. The number of hydrogen-bond donors (Lipinski definition) is 1. The molecule has 1 N–H and O–H groups in total. The topological polar surface area (TPSA) is 94.5 Å². The number of methoxy groups -OCH3 is 2. The van der Waals surface area contributed by atoms with Gasteiger partial charge in [0.15, 0.2) is 11.5 Å². The van der Waals surface area contributed by atoms with Crippen LogP contribution in [0, 0.1) is 0 Å². The number of benzene rings is 3. The van der Waals surface area contributed by atoms with Gasteiger partial charge in [0.25, 0.3) is 11.7 Å². The number of carbonyl (C=O) groups is 2. The van der Waals surface area contributed by atoms with Crippen molar-refractivity contribution in [3.05, 3.63) is 82.9 Å². The van der Waals surface area contributed by atoms with Crippen LogP contribution in [0.3, 0.4) is 0 Å². The van der Waals surface area contributed by atoms with Crippen molar-refractivity contribution in [2.45, 2.75) is 25.8 Å². The lowest BCUT2D eigenvalue weighted by Gasteiger charge is -2.26. The number of ether oxygens (including phenoxy) is 4. The molecule has 3 aromatic carbocycles. The first-order chi connectivity index (χ1) is 18.5. The van der Waals surface area contributed by atoms with Crippen molar-refractivity contribution < 1.29 is 33.6 Å². The smallest absolute Gasteiger partial charge is 0.300 e. The Bertz CT molecular complexity index is 1410. The molecule has 196 valence electrons. The van der Waals surface area contributed by atoms with Crippen molar-refractivity contribution in [2.24, 2.45) is 0 Å². The summed E-state index contributed by atoms with van der Waals surface area (Å²) in [6.07, 6.45) is 1.67. The molecule has 2 heterocycles. The Labute approximate surface area is 221 Å². The minimum absolute atomic E-state index is 0.00453. The van der Waals surface area contributed by atoms with Crippen LogP contribution in [0.25, 0.3) is 5.76 Å². The van der Waals surface area contributed by atoms with Crippen LogP contribution < -0.4 is 23.8 Å². The molecule has 1 unspecified atom stereocenters. The molecule has 0 spiro atoms. The number of fused-ring (bicyclic) bond motifs is 1. The van der Waals surface area contributed by atoms with Crippen LogP contribution in [0.5, 0.6) is 23.0 Å². The predicted molar refractivity (Wildman–Crippen MR) is 142 cm³/mol. The normalized spacial score (nSPS) is 18.1. The second-order valence-electron chi connectivity index (χ2n) is 8.98. The molecule has 0 aromatic heterocycles. The number of anilines is 1. The SMILES string of the molecule is CCOc1cc(C2/C(=C(\O)c3ccc4c(c3)CCCO4)C(=O)C(=O)N2c2ccc(OC)cc2)ccc1OC. The van der Waals surface area contributed by atoms with Gasteiger partial charge in [0.1, 0.15) is 17.3 Å². The van der Waals surface area contributed by atoms with E-state index in [0.717, 1.165) is 24.2 Å². The third-order valence-electron chi connectivity index (χ3n) is 6.78. The molecule has 0 radical (unpaired) electrons. The Hall–Kier alpha value is -4.46. The Balaban J connectivity index is 1.69. The molecule has 2 aliphatic rings. The molecule has 5 rings (SSSR count). The molecule has 8 heteroatoms. The first kappa shape index (κ1) is 25.2. The maximum absolute atomic E-state index is 13.5. The number of rotatable bonds is 7. The van der Waals surface area contributed by atoms with E-state index < -0.39 is 17.7 Å². The van der Waals surface area contributed by atoms with Crippen molar-refractivity contribution >= 4 is 23.1 Å². The van der Waals surface area contributed by atoms with Gasteiger partial charge in [-0.05, 0) is 85.5 Å². The lowest BCUT2D eigenvalue weighted by Crippen LogP contribution is -2.29. The van der Waals surface area contributed by atoms with Crippen molar-refractivity contribution in [1.29, 1.82) is 0 Å². The number of nitrogens with zero attached hydrogens (tertiary/aromatic N) is 1. The summed E-state index contributed by atoms with van der Waals surface area (Å²) in [7, 11) is 3.10. The molecule has 0 aliphatic carbocycles. The molecule has 1 amide bonds. The van der Waals surface area contributed by atoms with Crippen LogP contribution in [0.1, 0.15) is 36.1 Å². The summed E-state index contributed by atoms with van der Waals surface area (Å²) in [4.78, 5) is 28.4. The number of aliphatic hydroxyl groups is 1. The highest BCUT2D eigenvalue weighted by Gasteiger charge is 2.47. The van der Waals surface area contributed by atoms with Gasteiger partial charge in [0.2, 0.25) is 0 Å². The van der Waals surface area contributed by atoms with Gasteiger partial charge in [-0.2, -0.15) is 0 Å². The van der Waals surface area contributed by atoms with Crippen molar-refractivity contribution in [1.82, 2.24) is 0 Å². The molecule has 38 heavy (non-hydrogen) atoms. The Morgan fingerprint density at radius 3 is 2.50 bits per heavy atom. The third-order valence-corrected chi connectivity index (χ3v) is 6.78. The lowest BCUT2D eigenvalue weighted by atomic mass is 9.93. The van der Waals surface area contributed by atoms with E-state index in [4.69, 9.17) is 18.9 Å². The summed E-state index contributed by atoms with van der Waals surface area (Å²) in [5.74, 6) is 0.612.